The fourth-order valence-corrected chi connectivity index (χ4v) is 1.50. The van der Waals surface area contributed by atoms with Gasteiger partial charge in [-0.3, -0.25) is 4.79 Å². The second-order valence-electron chi connectivity index (χ2n) is 3.97. The average Bonchev–Trinajstić information content (AvgIpc) is 2.36. The summed E-state index contributed by atoms with van der Waals surface area (Å²) in [5.41, 5.74) is 6.92. The summed E-state index contributed by atoms with van der Waals surface area (Å²) >= 11 is 0. The first kappa shape index (κ1) is 12.8. The predicted molar refractivity (Wildman–Crippen MR) is 72.0 cm³/mol. The summed E-state index contributed by atoms with van der Waals surface area (Å²) in [6, 6.07) is 7.10. The largest absolute Gasteiger partial charge is 0.436 e. The van der Waals surface area contributed by atoms with Gasteiger partial charge in [-0.1, -0.05) is 12.1 Å². The van der Waals surface area contributed by atoms with Crippen LogP contribution in [0.25, 0.3) is 0 Å². The van der Waals surface area contributed by atoms with Gasteiger partial charge in [0.05, 0.1) is 11.3 Å². The molecule has 0 saturated heterocycles. The first-order valence-corrected chi connectivity index (χ1v) is 5.69. The van der Waals surface area contributed by atoms with Crippen molar-refractivity contribution in [2.75, 3.05) is 11.1 Å². The van der Waals surface area contributed by atoms with E-state index in [-0.39, 0.29) is 5.91 Å². The molecular formula is C13H14N4O2. The molecule has 0 unspecified atom stereocenters. The maximum atomic E-state index is 11.1. The molecule has 0 aliphatic rings. The molecule has 1 heterocycles. The molecule has 2 rings (SSSR count). The number of rotatable bonds is 3. The van der Waals surface area contributed by atoms with E-state index in [9.17, 15) is 4.79 Å². The Labute approximate surface area is 110 Å². The number of hydrogen-bond donors (Lipinski definition) is 2. The van der Waals surface area contributed by atoms with Crippen molar-refractivity contribution >= 4 is 17.4 Å². The fourth-order valence-electron chi connectivity index (χ4n) is 1.50. The number of carbonyl (C=O) groups excluding carboxylic acids is 1. The summed E-state index contributed by atoms with van der Waals surface area (Å²) in [7, 11) is 0. The minimum Gasteiger partial charge on any atom is -0.436 e. The highest BCUT2D eigenvalue weighted by Crippen LogP contribution is 2.30. The van der Waals surface area contributed by atoms with Crippen molar-refractivity contribution in [1.29, 1.82) is 0 Å². The monoisotopic (exact) mass is 258 g/mol. The molecule has 0 radical (unpaired) electrons. The van der Waals surface area contributed by atoms with Crippen LogP contribution < -0.4 is 15.8 Å². The SMILES string of the molecule is CC(=O)Nc1ccccc1Oc1ncnc(N)c1C. The van der Waals surface area contributed by atoms with Crippen molar-refractivity contribution in [3.8, 4) is 11.6 Å². The van der Waals surface area contributed by atoms with Crippen LogP contribution in [0, 0.1) is 6.92 Å². The minimum atomic E-state index is -0.171. The Kier molecular flexibility index (Phi) is 3.61. The van der Waals surface area contributed by atoms with E-state index in [2.05, 4.69) is 15.3 Å². The number of anilines is 2. The molecule has 0 saturated carbocycles. The minimum absolute atomic E-state index is 0.171. The molecule has 6 nitrogen and oxygen atoms in total. The van der Waals surface area contributed by atoms with Crippen LogP contribution in [0.2, 0.25) is 0 Å². The second-order valence-corrected chi connectivity index (χ2v) is 3.97. The van der Waals surface area contributed by atoms with E-state index < -0.39 is 0 Å². The molecule has 1 aromatic carbocycles. The maximum absolute atomic E-state index is 11.1. The van der Waals surface area contributed by atoms with Gasteiger partial charge in [0.25, 0.3) is 0 Å². The van der Waals surface area contributed by atoms with E-state index >= 15 is 0 Å². The van der Waals surface area contributed by atoms with E-state index in [4.69, 9.17) is 10.5 Å². The number of para-hydroxylation sites is 2. The number of ether oxygens (including phenoxy) is 1. The molecule has 19 heavy (non-hydrogen) atoms. The zero-order valence-electron chi connectivity index (χ0n) is 10.7. The number of nitrogens with zero attached hydrogens (tertiary/aromatic N) is 2. The number of nitrogens with one attached hydrogen (secondary N) is 1. The number of carbonyl (C=O) groups is 1. The van der Waals surface area contributed by atoms with Gasteiger partial charge in [0.1, 0.15) is 12.1 Å². The summed E-state index contributed by atoms with van der Waals surface area (Å²) in [6.45, 7) is 3.20. The first-order chi connectivity index (χ1) is 9.08. The van der Waals surface area contributed by atoms with Gasteiger partial charge in [-0.15, -0.1) is 0 Å². The van der Waals surface area contributed by atoms with E-state index in [0.29, 0.717) is 28.7 Å². The number of nitrogens with two attached hydrogens (primary N) is 1. The summed E-state index contributed by atoms with van der Waals surface area (Å²) in [6.07, 6.45) is 1.33. The van der Waals surface area contributed by atoms with Gasteiger partial charge >= 0.3 is 0 Å². The number of amides is 1. The molecule has 0 bridgehead atoms. The summed E-state index contributed by atoms with van der Waals surface area (Å²) < 4.78 is 5.68. The van der Waals surface area contributed by atoms with Gasteiger partial charge in [0.2, 0.25) is 11.8 Å². The number of benzene rings is 1. The highest BCUT2D eigenvalue weighted by atomic mass is 16.5. The predicted octanol–water partition coefficient (Wildman–Crippen LogP) is 2.12. The smallest absolute Gasteiger partial charge is 0.227 e. The Bertz CT molecular complexity index is 613. The molecule has 0 atom stereocenters. The normalized spacial score (nSPS) is 10.0. The topological polar surface area (TPSA) is 90.1 Å². The quantitative estimate of drug-likeness (QED) is 0.880. The third-order valence-corrected chi connectivity index (χ3v) is 2.48. The van der Waals surface area contributed by atoms with Gasteiger partial charge in [-0.2, -0.15) is 0 Å². The average molecular weight is 258 g/mol. The third-order valence-electron chi connectivity index (χ3n) is 2.48. The van der Waals surface area contributed by atoms with Gasteiger partial charge in [-0.25, -0.2) is 9.97 Å². The molecule has 0 aliphatic carbocycles. The van der Waals surface area contributed by atoms with Crippen molar-refractivity contribution in [3.05, 3.63) is 36.2 Å². The summed E-state index contributed by atoms with van der Waals surface area (Å²) in [5.74, 6) is 1.06. The number of hydrogen-bond acceptors (Lipinski definition) is 5. The van der Waals surface area contributed by atoms with Crippen LogP contribution >= 0.6 is 0 Å². The zero-order valence-corrected chi connectivity index (χ0v) is 10.7. The Morgan fingerprint density at radius 2 is 2.05 bits per heavy atom. The van der Waals surface area contributed by atoms with Crippen molar-refractivity contribution in [3.63, 3.8) is 0 Å². The highest BCUT2D eigenvalue weighted by Gasteiger charge is 2.10. The van der Waals surface area contributed by atoms with E-state index in [0.717, 1.165) is 0 Å². The fraction of sp³-hybridized carbons (Fsp3) is 0.154. The lowest BCUT2D eigenvalue weighted by molar-refractivity contribution is -0.114. The van der Waals surface area contributed by atoms with Crippen LogP contribution in [0.5, 0.6) is 11.6 Å². The molecule has 0 aliphatic heterocycles. The Morgan fingerprint density at radius 3 is 2.79 bits per heavy atom. The van der Waals surface area contributed by atoms with Crippen LogP contribution in [-0.2, 0) is 4.79 Å². The lowest BCUT2D eigenvalue weighted by Gasteiger charge is -2.12. The lowest BCUT2D eigenvalue weighted by Crippen LogP contribution is -2.07. The molecule has 1 aromatic heterocycles. The molecule has 1 amide bonds. The first-order valence-electron chi connectivity index (χ1n) is 5.69. The third kappa shape index (κ3) is 2.98. The van der Waals surface area contributed by atoms with E-state index in [1.54, 1.807) is 31.2 Å². The van der Waals surface area contributed by atoms with Crippen molar-refractivity contribution in [1.82, 2.24) is 9.97 Å². The molecule has 3 N–H and O–H groups in total. The summed E-state index contributed by atoms with van der Waals surface area (Å²) in [4.78, 5) is 19.0. The van der Waals surface area contributed by atoms with Crippen molar-refractivity contribution < 1.29 is 9.53 Å². The Morgan fingerprint density at radius 1 is 1.32 bits per heavy atom. The zero-order chi connectivity index (χ0) is 13.8. The lowest BCUT2D eigenvalue weighted by atomic mass is 10.3. The molecule has 2 aromatic rings. The van der Waals surface area contributed by atoms with E-state index in [1.807, 2.05) is 0 Å². The molecule has 0 spiro atoms. The van der Waals surface area contributed by atoms with Crippen LogP contribution in [0.4, 0.5) is 11.5 Å². The maximum Gasteiger partial charge on any atom is 0.227 e. The Hall–Kier alpha value is -2.63. The van der Waals surface area contributed by atoms with Gasteiger partial charge in [-0.05, 0) is 19.1 Å². The standard InChI is InChI=1S/C13H14N4O2/c1-8-12(14)15-7-16-13(8)19-11-6-4-3-5-10(11)17-9(2)18/h3-7H,1-2H3,(H,17,18)(H2,14,15,16). The molecular weight excluding hydrogens is 244 g/mol. The summed E-state index contributed by atoms with van der Waals surface area (Å²) in [5, 5.41) is 2.69. The van der Waals surface area contributed by atoms with Crippen molar-refractivity contribution in [2.45, 2.75) is 13.8 Å². The second kappa shape index (κ2) is 5.34. The van der Waals surface area contributed by atoms with Crippen LogP contribution in [0.1, 0.15) is 12.5 Å². The molecule has 0 fully saturated rings. The van der Waals surface area contributed by atoms with Crippen molar-refractivity contribution in [2.24, 2.45) is 0 Å². The van der Waals surface area contributed by atoms with Crippen LogP contribution in [0.15, 0.2) is 30.6 Å². The van der Waals surface area contributed by atoms with Gasteiger partial charge < -0.3 is 15.8 Å². The molecule has 98 valence electrons. The number of aromatic nitrogens is 2. The Balaban J connectivity index is 2.33. The van der Waals surface area contributed by atoms with Crippen LogP contribution in [-0.4, -0.2) is 15.9 Å². The van der Waals surface area contributed by atoms with Crippen LogP contribution in [0.3, 0.4) is 0 Å². The van der Waals surface area contributed by atoms with Gasteiger partial charge in [0.15, 0.2) is 5.75 Å². The number of nitrogen functional groups attached to an aromatic ring is 1. The van der Waals surface area contributed by atoms with Gasteiger partial charge in [0, 0.05) is 6.92 Å². The van der Waals surface area contributed by atoms with E-state index in [1.165, 1.54) is 13.3 Å². The molecule has 6 heteroatoms. The highest BCUT2D eigenvalue weighted by molar-refractivity contribution is 5.90.